The Labute approximate surface area is 108 Å². The summed E-state index contributed by atoms with van der Waals surface area (Å²) < 4.78 is 4.82. The van der Waals surface area contributed by atoms with Crippen LogP contribution in [0, 0.1) is 5.92 Å². The number of carbonyl (C=O) groups excluding carboxylic acids is 1. The van der Waals surface area contributed by atoms with Crippen molar-refractivity contribution < 1.29 is 9.53 Å². The maximum absolute atomic E-state index is 11.8. The lowest BCUT2D eigenvalue weighted by atomic mass is 9.98. The minimum Gasteiger partial charge on any atom is -0.465 e. The number of esters is 1. The molecular formula is C14H20N2O2. The van der Waals surface area contributed by atoms with Gasteiger partial charge in [-0.25, -0.2) is 4.79 Å². The summed E-state index contributed by atoms with van der Waals surface area (Å²) in [5.74, 6) is 0.438. The number of benzene rings is 1. The minimum atomic E-state index is -0.323. The molecule has 18 heavy (non-hydrogen) atoms. The Hall–Kier alpha value is -1.71. The third-order valence-corrected chi connectivity index (χ3v) is 3.55. The van der Waals surface area contributed by atoms with Gasteiger partial charge in [-0.1, -0.05) is 6.92 Å². The van der Waals surface area contributed by atoms with Crippen molar-refractivity contribution in [3.63, 3.8) is 0 Å². The van der Waals surface area contributed by atoms with E-state index in [0.717, 1.165) is 37.5 Å². The average molecular weight is 248 g/mol. The van der Waals surface area contributed by atoms with Gasteiger partial charge in [-0.2, -0.15) is 0 Å². The molecule has 0 aliphatic carbocycles. The number of anilines is 2. The van der Waals surface area contributed by atoms with Gasteiger partial charge >= 0.3 is 5.97 Å². The molecule has 4 nitrogen and oxygen atoms in total. The second-order valence-corrected chi connectivity index (χ2v) is 4.94. The van der Waals surface area contributed by atoms with Crippen molar-refractivity contribution in [3.05, 3.63) is 23.8 Å². The van der Waals surface area contributed by atoms with Gasteiger partial charge in [0, 0.05) is 18.8 Å². The van der Waals surface area contributed by atoms with E-state index in [2.05, 4.69) is 11.8 Å². The van der Waals surface area contributed by atoms with E-state index in [9.17, 15) is 4.79 Å². The Morgan fingerprint density at radius 1 is 1.39 bits per heavy atom. The smallest absolute Gasteiger partial charge is 0.340 e. The summed E-state index contributed by atoms with van der Waals surface area (Å²) in [7, 11) is 1.40. The molecule has 0 spiro atoms. The molecule has 0 aromatic heterocycles. The predicted octanol–water partition coefficient (Wildman–Crippen LogP) is 2.29. The molecule has 0 saturated carbocycles. The zero-order valence-electron chi connectivity index (χ0n) is 11.0. The standard InChI is InChI=1S/C14H20N2O2/c1-10-5-7-16(8-6-10)13-4-3-11(15)9-12(13)14(17)18-2/h3-4,9-10H,5-8,15H2,1-2H3. The Bertz CT molecular complexity index is 437. The molecule has 2 N–H and O–H groups in total. The first kappa shape index (κ1) is 12.7. The van der Waals surface area contributed by atoms with Crippen molar-refractivity contribution in [2.24, 2.45) is 5.92 Å². The molecule has 1 aromatic carbocycles. The third-order valence-electron chi connectivity index (χ3n) is 3.55. The number of hydrogen-bond acceptors (Lipinski definition) is 4. The van der Waals surface area contributed by atoms with Crippen molar-refractivity contribution in [3.8, 4) is 0 Å². The third kappa shape index (κ3) is 2.58. The zero-order valence-corrected chi connectivity index (χ0v) is 11.0. The van der Waals surface area contributed by atoms with Gasteiger partial charge in [-0.05, 0) is 37.0 Å². The van der Waals surface area contributed by atoms with Crippen LogP contribution >= 0.6 is 0 Å². The molecule has 1 aromatic rings. The Morgan fingerprint density at radius 2 is 2.06 bits per heavy atom. The van der Waals surface area contributed by atoms with Crippen LogP contribution in [0.1, 0.15) is 30.1 Å². The summed E-state index contributed by atoms with van der Waals surface area (Å²) >= 11 is 0. The normalized spacial score (nSPS) is 16.7. The van der Waals surface area contributed by atoms with Crippen LogP contribution < -0.4 is 10.6 Å². The molecule has 1 fully saturated rings. The number of nitrogens with two attached hydrogens (primary N) is 1. The summed E-state index contributed by atoms with van der Waals surface area (Å²) in [6.07, 6.45) is 2.32. The van der Waals surface area contributed by atoms with E-state index in [1.54, 1.807) is 6.07 Å². The highest BCUT2D eigenvalue weighted by Crippen LogP contribution is 2.28. The molecule has 1 aliphatic heterocycles. The molecular weight excluding hydrogens is 228 g/mol. The molecule has 0 unspecified atom stereocenters. The molecule has 0 atom stereocenters. The van der Waals surface area contributed by atoms with E-state index in [0.29, 0.717) is 11.3 Å². The lowest BCUT2D eigenvalue weighted by molar-refractivity contribution is 0.0601. The zero-order chi connectivity index (χ0) is 13.1. The van der Waals surface area contributed by atoms with E-state index in [-0.39, 0.29) is 5.97 Å². The first-order chi connectivity index (χ1) is 8.61. The second-order valence-electron chi connectivity index (χ2n) is 4.94. The van der Waals surface area contributed by atoms with Crippen LogP contribution in [0.15, 0.2) is 18.2 Å². The van der Waals surface area contributed by atoms with Crippen LogP contribution in [-0.4, -0.2) is 26.2 Å². The quantitative estimate of drug-likeness (QED) is 0.644. The maximum Gasteiger partial charge on any atom is 0.340 e. The van der Waals surface area contributed by atoms with Gasteiger partial charge in [-0.3, -0.25) is 0 Å². The van der Waals surface area contributed by atoms with Crippen LogP contribution in [0.3, 0.4) is 0 Å². The highest BCUT2D eigenvalue weighted by molar-refractivity contribution is 5.97. The van der Waals surface area contributed by atoms with E-state index in [1.165, 1.54) is 7.11 Å². The fourth-order valence-electron chi connectivity index (χ4n) is 2.35. The highest BCUT2D eigenvalue weighted by atomic mass is 16.5. The fourth-order valence-corrected chi connectivity index (χ4v) is 2.35. The average Bonchev–Trinajstić information content (AvgIpc) is 2.39. The number of nitrogens with zero attached hydrogens (tertiary/aromatic N) is 1. The van der Waals surface area contributed by atoms with E-state index >= 15 is 0 Å². The molecule has 0 bridgehead atoms. The Kier molecular flexibility index (Phi) is 3.75. The van der Waals surface area contributed by atoms with Gasteiger partial charge in [0.05, 0.1) is 18.4 Å². The molecule has 1 aliphatic rings. The van der Waals surface area contributed by atoms with Gasteiger partial charge in [-0.15, -0.1) is 0 Å². The number of carbonyl (C=O) groups is 1. The molecule has 1 saturated heterocycles. The van der Waals surface area contributed by atoms with Gasteiger partial charge in [0.2, 0.25) is 0 Å². The first-order valence-corrected chi connectivity index (χ1v) is 6.34. The lowest BCUT2D eigenvalue weighted by Gasteiger charge is -2.33. The lowest BCUT2D eigenvalue weighted by Crippen LogP contribution is -2.33. The summed E-state index contributed by atoms with van der Waals surface area (Å²) in [5, 5.41) is 0. The van der Waals surface area contributed by atoms with Gasteiger partial charge in [0.1, 0.15) is 0 Å². The molecule has 4 heteroatoms. The largest absolute Gasteiger partial charge is 0.465 e. The molecule has 98 valence electrons. The van der Waals surface area contributed by atoms with Crippen molar-refractivity contribution >= 4 is 17.3 Å². The van der Waals surface area contributed by atoms with Crippen LogP contribution in [0.4, 0.5) is 11.4 Å². The molecule has 2 rings (SSSR count). The summed E-state index contributed by atoms with van der Waals surface area (Å²) in [6.45, 7) is 4.23. The van der Waals surface area contributed by atoms with Gasteiger partial charge < -0.3 is 15.4 Å². The number of methoxy groups -OCH3 is 1. The van der Waals surface area contributed by atoms with Crippen molar-refractivity contribution in [2.75, 3.05) is 30.8 Å². The fraction of sp³-hybridized carbons (Fsp3) is 0.500. The number of hydrogen-bond donors (Lipinski definition) is 1. The molecule has 1 heterocycles. The Balaban J connectivity index is 2.29. The van der Waals surface area contributed by atoms with E-state index in [4.69, 9.17) is 10.5 Å². The molecule has 0 amide bonds. The van der Waals surface area contributed by atoms with Crippen molar-refractivity contribution in [1.82, 2.24) is 0 Å². The number of ether oxygens (including phenoxy) is 1. The maximum atomic E-state index is 11.8. The van der Waals surface area contributed by atoms with E-state index < -0.39 is 0 Å². The summed E-state index contributed by atoms with van der Waals surface area (Å²) in [4.78, 5) is 14.0. The minimum absolute atomic E-state index is 0.323. The number of nitrogen functional groups attached to an aromatic ring is 1. The van der Waals surface area contributed by atoms with Gasteiger partial charge in [0.25, 0.3) is 0 Å². The van der Waals surface area contributed by atoms with Crippen molar-refractivity contribution in [1.29, 1.82) is 0 Å². The van der Waals surface area contributed by atoms with Crippen LogP contribution in [0.2, 0.25) is 0 Å². The summed E-state index contributed by atoms with van der Waals surface area (Å²) in [5.41, 5.74) is 7.83. The topological polar surface area (TPSA) is 55.6 Å². The number of rotatable bonds is 2. The van der Waals surface area contributed by atoms with Gasteiger partial charge in [0.15, 0.2) is 0 Å². The SMILES string of the molecule is COC(=O)c1cc(N)ccc1N1CCC(C)CC1. The van der Waals surface area contributed by atoms with Crippen LogP contribution in [0.5, 0.6) is 0 Å². The summed E-state index contributed by atoms with van der Waals surface area (Å²) in [6, 6.07) is 5.44. The monoisotopic (exact) mass is 248 g/mol. The Morgan fingerprint density at radius 3 is 2.67 bits per heavy atom. The van der Waals surface area contributed by atoms with E-state index in [1.807, 2.05) is 12.1 Å². The number of piperidine rings is 1. The first-order valence-electron chi connectivity index (χ1n) is 6.34. The predicted molar refractivity (Wildman–Crippen MR) is 72.8 cm³/mol. The second kappa shape index (κ2) is 5.29. The highest BCUT2D eigenvalue weighted by Gasteiger charge is 2.21. The van der Waals surface area contributed by atoms with Crippen LogP contribution in [0.25, 0.3) is 0 Å². The van der Waals surface area contributed by atoms with Crippen LogP contribution in [-0.2, 0) is 4.74 Å². The molecule has 0 radical (unpaired) electrons. The van der Waals surface area contributed by atoms with Crippen molar-refractivity contribution in [2.45, 2.75) is 19.8 Å².